The quantitative estimate of drug-likeness (QED) is 0.792. The largest absolute Gasteiger partial charge is 0.497 e. The van der Waals surface area contributed by atoms with Crippen LogP contribution in [0.1, 0.15) is 25.7 Å². The summed E-state index contributed by atoms with van der Waals surface area (Å²) in [6.45, 7) is 0.132. The molecule has 0 saturated heterocycles. The minimum Gasteiger partial charge on any atom is -0.497 e. The van der Waals surface area contributed by atoms with E-state index in [1.54, 1.807) is 31.4 Å². The molecular weight excluding hydrogens is 256 g/mol. The van der Waals surface area contributed by atoms with Gasteiger partial charge in [-0.3, -0.25) is 0 Å². The lowest BCUT2D eigenvalue weighted by molar-refractivity contribution is 0.156. The normalized spacial score (nSPS) is 22.1. The average molecular weight is 278 g/mol. The lowest BCUT2D eigenvalue weighted by atomic mass is 9.85. The highest BCUT2D eigenvalue weighted by atomic mass is 16.5. The molecule has 2 unspecified atom stereocenters. The molecule has 1 aliphatic carbocycles. The number of anilines is 1. The number of nitrogens with one attached hydrogen (secondary N) is 2. The van der Waals surface area contributed by atoms with Crippen LogP contribution in [0, 0.1) is 5.92 Å². The predicted molar refractivity (Wildman–Crippen MR) is 78.0 cm³/mol. The molecule has 0 bridgehead atoms. The first-order chi connectivity index (χ1) is 9.72. The topological polar surface area (TPSA) is 70.6 Å². The van der Waals surface area contributed by atoms with Crippen molar-refractivity contribution >= 4 is 11.7 Å². The minimum atomic E-state index is -0.222. The Hall–Kier alpha value is -1.75. The van der Waals surface area contributed by atoms with Gasteiger partial charge in [-0.05, 0) is 37.1 Å². The second kappa shape index (κ2) is 7.14. The van der Waals surface area contributed by atoms with Crippen molar-refractivity contribution in [1.82, 2.24) is 5.32 Å². The number of amides is 2. The number of aliphatic hydroxyl groups excluding tert-OH is 1. The Morgan fingerprint density at radius 1 is 1.30 bits per heavy atom. The van der Waals surface area contributed by atoms with Crippen LogP contribution in [0.25, 0.3) is 0 Å². The molecule has 2 atom stereocenters. The third-order valence-electron chi connectivity index (χ3n) is 3.81. The van der Waals surface area contributed by atoms with Crippen LogP contribution in [0.2, 0.25) is 0 Å². The second-order valence-electron chi connectivity index (χ2n) is 5.16. The fourth-order valence-corrected chi connectivity index (χ4v) is 2.63. The number of rotatable bonds is 4. The van der Waals surface area contributed by atoms with E-state index in [9.17, 15) is 9.90 Å². The maximum Gasteiger partial charge on any atom is 0.319 e. The van der Waals surface area contributed by atoms with E-state index in [-0.39, 0.29) is 24.6 Å². The van der Waals surface area contributed by atoms with Gasteiger partial charge in [0, 0.05) is 24.3 Å². The van der Waals surface area contributed by atoms with Crippen LogP contribution in [0.3, 0.4) is 0 Å². The summed E-state index contributed by atoms with van der Waals surface area (Å²) >= 11 is 0. The highest BCUT2D eigenvalue weighted by Gasteiger charge is 2.25. The summed E-state index contributed by atoms with van der Waals surface area (Å²) in [5.41, 5.74) is 0.722. The van der Waals surface area contributed by atoms with E-state index in [1.807, 2.05) is 0 Å². The summed E-state index contributed by atoms with van der Waals surface area (Å²) in [6.07, 6.45) is 4.14. The van der Waals surface area contributed by atoms with Crippen molar-refractivity contribution in [3.63, 3.8) is 0 Å². The second-order valence-corrected chi connectivity index (χ2v) is 5.16. The van der Waals surface area contributed by atoms with Gasteiger partial charge in [0.25, 0.3) is 0 Å². The Kier molecular flexibility index (Phi) is 5.24. The van der Waals surface area contributed by atoms with E-state index in [0.717, 1.165) is 37.1 Å². The minimum absolute atomic E-state index is 0.0620. The molecule has 1 aromatic rings. The third kappa shape index (κ3) is 3.87. The Bertz CT molecular complexity index is 433. The fraction of sp³-hybridized carbons (Fsp3) is 0.533. The van der Waals surface area contributed by atoms with Crippen molar-refractivity contribution in [1.29, 1.82) is 0 Å². The van der Waals surface area contributed by atoms with Crippen LogP contribution >= 0.6 is 0 Å². The number of benzene rings is 1. The molecule has 1 fully saturated rings. The summed E-state index contributed by atoms with van der Waals surface area (Å²) < 4.78 is 5.07. The van der Waals surface area contributed by atoms with Gasteiger partial charge in [0.05, 0.1) is 7.11 Å². The molecule has 20 heavy (non-hydrogen) atoms. The number of aliphatic hydroxyl groups is 1. The average Bonchev–Trinajstić information content (AvgIpc) is 2.48. The summed E-state index contributed by atoms with van der Waals surface area (Å²) in [4.78, 5) is 12.0. The standard InChI is InChI=1S/C15H22N2O3/c1-20-13-8-6-12(7-9-13)16-15(19)17-14-5-3-2-4-11(14)10-18/h6-9,11,14,18H,2-5,10H2,1H3,(H2,16,17,19). The van der Waals surface area contributed by atoms with E-state index < -0.39 is 0 Å². The van der Waals surface area contributed by atoms with Gasteiger partial charge in [-0.2, -0.15) is 0 Å². The van der Waals surface area contributed by atoms with Crippen LogP contribution < -0.4 is 15.4 Å². The summed E-state index contributed by atoms with van der Waals surface area (Å²) in [7, 11) is 1.60. The Balaban J connectivity index is 1.87. The molecule has 0 spiro atoms. The van der Waals surface area contributed by atoms with Crippen molar-refractivity contribution < 1.29 is 14.6 Å². The van der Waals surface area contributed by atoms with Gasteiger partial charge >= 0.3 is 6.03 Å². The van der Waals surface area contributed by atoms with E-state index in [2.05, 4.69) is 10.6 Å². The molecule has 0 aromatic heterocycles. The zero-order valence-corrected chi connectivity index (χ0v) is 11.8. The van der Waals surface area contributed by atoms with Crippen LogP contribution in [0.15, 0.2) is 24.3 Å². The van der Waals surface area contributed by atoms with Crippen LogP contribution in [0.5, 0.6) is 5.75 Å². The van der Waals surface area contributed by atoms with E-state index >= 15 is 0 Å². The summed E-state index contributed by atoms with van der Waals surface area (Å²) in [5.74, 6) is 0.925. The highest BCUT2D eigenvalue weighted by Crippen LogP contribution is 2.24. The predicted octanol–water partition coefficient (Wildman–Crippen LogP) is 2.37. The number of hydrogen-bond acceptors (Lipinski definition) is 3. The van der Waals surface area contributed by atoms with Crippen molar-refractivity contribution in [2.75, 3.05) is 19.0 Å². The van der Waals surface area contributed by atoms with Crippen LogP contribution in [-0.2, 0) is 0 Å². The molecule has 110 valence electrons. The van der Waals surface area contributed by atoms with Crippen molar-refractivity contribution in [2.45, 2.75) is 31.7 Å². The van der Waals surface area contributed by atoms with Gasteiger partial charge in [-0.1, -0.05) is 12.8 Å². The number of ether oxygens (including phenoxy) is 1. The van der Waals surface area contributed by atoms with Crippen molar-refractivity contribution in [3.05, 3.63) is 24.3 Å². The number of carbonyl (C=O) groups is 1. The van der Waals surface area contributed by atoms with Gasteiger partial charge < -0.3 is 20.5 Å². The summed E-state index contributed by atoms with van der Waals surface area (Å²) in [5, 5.41) is 15.1. The number of hydrogen-bond donors (Lipinski definition) is 3. The fourth-order valence-electron chi connectivity index (χ4n) is 2.63. The first-order valence-corrected chi connectivity index (χ1v) is 7.05. The molecule has 1 aromatic carbocycles. The molecule has 3 N–H and O–H groups in total. The highest BCUT2D eigenvalue weighted by molar-refractivity contribution is 5.89. The van der Waals surface area contributed by atoms with Gasteiger partial charge in [-0.25, -0.2) is 4.79 Å². The molecule has 1 aliphatic rings. The molecule has 5 heteroatoms. The lowest BCUT2D eigenvalue weighted by Gasteiger charge is -2.30. The van der Waals surface area contributed by atoms with Crippen molar-refractivity contribution in [2.24, 2.45) is 5.92 Å². The smallest absolute Gasteiger partial charge is 0.319 e. The van der Waals surface area contributed by atoms with Gasteiger partial charge in [0.2, 0.25) is 0 Å². The molecule has 2 amide bonds. The van der Waals surface area contributed by atoms with E-state index in [4.69, 9.17) is 4.74 Å². The lowest BCUT2D eigenvalue weighted by Crippen LogP contribution is -2.45. The van der Waals surface area contributed by atoms with Crippen molar-refractivity contribution in [3.8, 4) is 5.75 Å². The third-order valence-corrected chi connectivity index (χ3v) is 3.81. The molecule has 1 saturated carbocycles. The van der Waals surface area contributed by atoms with Gasteiger partial charge in [0.15, 0.2) is 0 Å². The Labute approximate surface area is 119 Å². The zero-order valence-electron chi connectivity index (χ0n) is 11.8. The first-order valence-electron chi connectivity index (χ1n) is 7.05. The van der Waals surface area contributed by atoms with Crippen LogP contribution in [0.4, 0.5) is 10.5 Å². The molecule has 5 nitrogen and oxygen atoms in total. The first kappa shape index (κ1) is 14.7. The maximum atomic E-state index is 12.0. The monoisotopic (exact) mass is 278 g/mol. The van der Waals surface area contributed by atoms with Gasteiger partial charge in [0.1, 0.15) is 5.75 Å². The van der Waals surface area contributed by atoms with E-state index in [0.29, 0.717) is 0 Å². The molecular formula is C15H22N2O3. The molecule has 0 radical (unpaired) electrons. The maximum absolute atomic E-state index is 12.0. The van der Waals surface area contributed by atoms with E-state index in [1.165, 1.54) is 0 Å². The SMILES string of the molecule is COc1ccc(NC(=O)NC2CCCCC2CO)cc1. The van der Waals surface area contributed by atoms with Crippen LogP contribution in [-0.4, -0.2) is 30.9 Å². The molecule has 0 aliphatic heterocycles. The molecule has 2 rings (SSSR count). The van der Waals surface area contributed by atoms with Gasteiger partial charge in [-0.15, -0.1) is 0 Å². The zero-order chi connectivity index (χ0) is 14.4. The molecule has 0 heterocycles. The Morgan fingerprint density at radius 3 is 2.65 bits per heavy atom. The number of methoxy groups -OCH3 is 1. The number of urea groups is 1. The summed E-state index contributed by atoms with van der Waals surface area (Å²) in [6, 6.07) is 7.03. The number of carbonyl (C=O) groups excluding carboxylic acids is 1. The Morgan fingerprint density at radius 2 is 2.00 bits per heavy atom.